The fourth-order valence-electron chi connectivity index (χ4n) is 1.86. The molecule has 1 saturated carbocycles. The van der Waals surface area contributed by atoms with Crippen LogP contribution in [0.3, 0.4) is 0 Å². The number of hydrogen-bond donors (Lipinski definition) is 0. The molecule has 0 aromatic rings. The third kappa shape index (κ3) is 3.80. The Labute approximate surface area is 83.7 Å². The zero-order valence-corrected chi connectivity index (χ0v) is 8.56. The molecule has 0 aliphatic heterocycles. The van der Waals surface area contributed by atoms with E-state index in [1.165, 1.54) is 25.7 Å². The van der Waals surface area contributed by atoms with Crippen LogP contribution in [-0.2, 0) is 0 Å². The van der Waals surface area contributed by atoms with Gasteiger partial charge in [0.05, 0.1) is 0 Å². The fraction of sp³-hybridized carbons (Fsp3) is 0.692. The Morgan fingerprint density at radius 3 is 2.38 bits per heavy atom. The fourth-order valence-corrected chi connectivity index (χ4v) is 1.86. The van der Waals surface area contributed by atoms with Gasteiger partial charge in [-0.3, -0.25) is 0 Å². The van der Waals surface area contributed by atoms with E-state index in [0.29, 0.717) is 5.92 Å². The number of allylic oxidation sites excluding steroid dienone is 4. The summed E-state index contributed by atoms with van der Waals surface area (Å²) in [5, 5.41) is 0. The van der Waals surface area contributed by atoms with Crippen LogP contribution >= 0.6 is 0 Å². The molecule has 0 radical (unpaired) electrons. The first-order chi connectivity index (χ1) is 5.74. The van der Waals surface area contributed by atoms with Crippen molar-refractivity contribution in [3.63, 3.8) is 0 Å². The van der Waals surface area contributed by atoms with Crippen molar-refractivity contribution < 1.29 is 0 Å². The molecule has 0 atom stereocenters. The van der Waals surface area contributed by atoms with Crippen molar-refractivity contribution in [1.82, 2.24) is 0 Å². The highest BCUT2D eigenvalue weighted by Crippen LogP contribution is 2.31. The zero-order chi connectivity index (χ0) is 8.97. The summed E-state index contributed by atoms with van der Waals surface area (Å²) in [5.74, 6) is 0.707. The van der Waals surface area contributed by atoms with Gasteiger partial charge in [0.15, 0.2) is 0 Å². The molecule has 0 nitrogen and oxygen atoms in total. The minimum absolute atomic E-state index is 0. The van der Waals surface area contributed by atoms with Gasteiger partial charge >= 0.3 is 0 Å². The Hall–Kier alpha value is -0.520. The maximum Gasteiger partial charge on any atom is -0.0276 e. The van der Waals surface area contributed by atoms with E-state index in [4.69, 9.17) is 0 Å². The van der Waals surface area contributed by atoms with E-state index in [9.17, 15) is 0 Å². The van der Waals surface area contributed by atoms with Crippen LogP contribution in [0.5, 0.6) is 0 Å². The summed E-state index contributed by atoms with van der Waals surface area (Å²) >= 11 is 0. The molecule has 0 amide bonds. The molecule has 0 aromatic heterocycles. The number of rotatable bonds is 2. The average Bonchev–Trinajstić information content (AvgIpc) is 2.37. The molecule has 0 heterocycles. The van der Waals surface area contributed by atoms with Gasteiger partial charge in [0.1, 0.15) is 0 Å². The van der Waals surface area contributed by atoms with Crippen LogP contribution in [-0.4, -0.2) is 0 Å². The molecule has 0 spiro atoms. The summed E-state index contributed by atoms with van der Waals surface area (Å²) in [6.07, 6.45) is 9.99. The third-order valence-corrected chi connectivity index (χ3v) is 2.29. The average molecular weight is 180 g/mol. The molecular formula is C13H24. The molecule has 0 unspecified atom stereocenters. The molecule has 1 aliphatic rings. The lowest BCUT2D eigenvalue weighted by Gasteiger charge is -2.02. The normalized spacial score (nSPS) is 22.8. The van der Waals surface area contributed by atoms with E-state index < -0.39 is 0 Å². The lowest BCUT2D eigenvalue weighted by atomic mass is 10.0. The summed E-state index contributed by atoms with van der Waals surface area (Å²) < 4.78 is 0. The second kappa shape index (κ2) is 6.01. The molecule has 0 bridgehead atoms. The van der Waals surface area contributed by atoms with Crippen molar-refractivity contribution in [2.24, 2.45) is 5.92 Å². The van der Waals surface area contributed by atoms with Crippen LogP contribution in [0, 0.1) is 5.92 Å². The van der Waals surface area contributed by atoms with Crippen LogP contribution < -0.4 is 0 Å². The van der Waals surface area contributed by atoms with Crippen LogP contribution in [0.4, 0.5) is 0 Å². The van der Waals surface area contributed by atoms with Crippen LogP contribution in [0.2, 0.25) is 0 Å². The van der Waals surface area contributed by atoms with E-state index in [2.05, 4.69) is 32.9 Å². The molecule has 0 aromatic carbocycles. The van der Waals surface area contributed by atoms with Crippen molar-refractivity contribution in [3.05, 3.63) is 23.3 Å². The molecular weight excluding hydrogens is 156 g/mol. The summed E-state index contributed by atoms with van der Waals surface area (Å²) in [7, 11) is 0. The van der Waals surface area contributed by atoms with Crippen molar-refractivity contribution in [3.8, 4) is 0 Å². The Bertz CT molecular complexity index is 194. The first-order valence-corrected chi connectivity index (χ1v) is 5.14. The lowest BCUT2D eigenvalue weighted by Crippen LogP contribution is -1.85. The molecule has 0 heteroatoms. The van der Waals surface area contributed by atoms with Gasteiger partial charge in [0, 0.05) is 0 Å². The van der Waals surface area contributed by atoms with E-state index in [0.717, 1.165) is 0 Å². The van der Waals surface area contributed by atoms with Crippen molar-refractivity contribution >= 4 is 0 Å². The van der Waals surface area contributed by atoms with E-state index in [-0.39, 0.29) is 7.43 Å². The van der Waals surface area contributed by atoms with E-state index in [1.807, 2.05) is 0 Å². The van der Waals surface area contributed by atoms with Gasteiger partial charge in [-0.2, -0.15) is 0 Å². The number of hydrogen-bond acceptors (Lipinski definition) is 0. The predicted molar refractivity (Wildman–Crippen MR) is 61.9 cm³/mol. The molecule has 0 saturated heterocycles. The molecule has 1 rings (SSSR count). The highest BCUT2D eigenvalue weighted by Gasteiger charge is 2.12. The Balaban J connectivity index is 0.00000144. The lowest BCUT2D eigenvalue weighted by molar-refractivity contribution is 0.817. The second-order valence-electron chi connectivity index (χ2n) is 3.93. The summed E-state index contributed by atoms with van der Waals surface area (Å²) in [6, 6.07) is 0. The van der Waals surface area contributed by atoms with Crippen molar-refractivity contribution in [2.45, 2.75) is 53.9 Å². The van der Waals surface area contributed by atoms with Crippen molar-refractivity contribution in [1.29, 1.82) is 0 Å². The molecule has 1 aliphatic carbocycles. The van der Waals surface area contributed by atoms with E-state index >= 15 is 0 Å². The van der Waals surface area contributed by atoms with Crippen LogP contribution in [0.25, 0.3) is 0 Å². The van der Waals surface area contributed by atoms with Crippen LogP contribution in [0.15, 0.2) is 23.3 Å². The Morgan fingerprint density at radius 2 is 1.85 bits per heavy atom. The molecule has 1 fully saturated rings. The second-order valence-corrected chi connectivity index (χ2v) is 3.93. The minimum Gasteiger partial charge on any atom is -0.0813 e. The Kier molecular flexibility index (Phi) is 5.77. The monoisotopic (exact) mass is 180 g/mol. The molecule has 13 heavy (non-hydrogen) atoms. The van der Waals surface area contributed by atoms with Crippen LogP contribution in [0.1, 0.15) is 53.9 Å². The quantitative estimate of drug-likeness (QED) is 0.576. The van der Waals surface area contributed by atoms with Gasteiger partial charge in [0.25, 0.3) is 0 Å². The maximum absolute atomic E-state index is 2.43. The first-order valence-electron chi connectivity index (χ1n) is 5.14. The SMILES string of the molecule is C.CC/C=C1/CCC/C1=C/C(C)C. The van der Waals surface area contributed by atoms with Gasteiger partial charge in [-0.15, -0.1) is 0 Å². The van der Waals surface area contributed by atoms with Gasteiger partial charge in [-0.05, 0) is 42.7 Å². The van der Waals surface area contributed by atoms with Gasteiger partial charge < -0.3 is 0 Å². The first kappa shape index (κ1) is 12.5. The minimum atomic E-state index is 0. The standard InChI is InChI=1S/C12H20.CH4/c1-4-6-11-7-5-8-12(11)9-10(2)3;/h6,9-10H,4-5,7-8H2,1-3H3;1H4/b11-6-,12-9-;. The van der Waals surface area contributed by atoms with Crippen molar-refractivity contribution in [2.75, 3.05) is 0 Å². The summed E-state index contributed by atoms with van der Waals surface area (Å²) in [6.45, 7) is 6.74. The maximum atomic E-state index is 2.43. The highest BCUT2D eigenvalue weighted by molar-refractivity contribution is 5.34. The van der Waals surface area contributed by atoms with E-state index in [1.54, 1.807) is 11.1 Å². The van der Waals surface area contributed by atoms with Gasteiger partial charge in [-0.1, -0.05) is 40.3 Å². The predicted octanol–water partition coefficient (Wildman–Crippen LogP) is 4.73. The molecule has 76 valence electrons. The highest BCUT2D eigenvalue weighted by atomic mass is 14.2. The Morgan fingerprint density at radius 1 is 1.23 bits per heavy atom. The largest absolute Gasteiger partial charge is 0.0813 e. The summed E-state index contributed by atoms with van der Waals surface area (Å²) in [5.41, 5.74) is 3.23. The van der Waals surface area contributed by atoms with Gasteiger partial charge in [0.2, 0.25) is 0 Å². The summed E-state index contributed by atoms with van der Waals surface area (Å²) in [4.78, 5) is 0. The van der Waals surface area contributed by atoms with Gasteiger partial charge in [-0.25, -0.2) is 0 Å². The third-order valence-electron chi connectivity index (χ3n) is 2.29. The molecule has 0 N–H and O–H groups in total. The zero-order valence-electron chi connectivity index (χ0n) is 8.56. The topological polar surface area (TPSA) is 0 Å². The smallest absolute Gasteiger partial charge is 0.0276 e.